The van der Waals surface area contributed by atoms with Gasteiger partial charge in [-0.25, -0.2) is 4.39 Å². The molecule has 1 aromatic rings. The van der Waals surface area contributed by atoms with Crippen LogP contribution in [0.3, 0.4) is 0 Å². The maximum absolute atomic E-state index is 13.6. The zero-order valence-corrected chi connectivity index (χ0v) is 11.4. The molecule has 0 heterocycles. The van der Waals surface area contributed by atoms with E-state index in [0.29, 0.717) is 16.6 Å². The van der Waals surface area contributed by atoms with Crippen LogP contribution in [-0.2, 0) is 9.53 Å². The molecule has 0 amide bonds. The van der Waals surface area contributed by atoms with Gasteiger partial charge in [0.25, 0.3) is 0 Å². The van der Waals surface area contributed by atoms with Gasteiger partial charge in [-0.3, -0.25) is 4.79 Å². The molecule has 0 aliphatic heterocycles. The third-order valence-electron chi connectivity index (χ3n) is 2.29. The number of hydrogen-bond acceptors (Lipinski definition) is 3. The molecule has 0 saturated heterocycles. The lowest BCUT2D eigenvalue weighted by molar-refractivity contribution is -0.142. The molecule has 0 fully saturated rings. The average molecular weight is 304 g/mol. The first-order chi connectivity index (χ1) is 8.04. The van der Waals surface area contributed by atoms with Crippen LogP contribution in [0.25, 0.3) is 0 Å². The van der Waals surface area contributed by atoms with Crippen LogP contribution in [0.2, 0.25) is 0 Å². The second kappa shape index (κ2) is 6.71. The molecule has 0 aromatic heterocycles. The summed E-state index contributed by atoms with van der Waals surface area (Å²) in [7, 11) is 0. The Morgan fingerprint density at radius 2 is 2.29 bits per heavy atom. The molecule has 1 atom stereocenters. The van der Waals surface area contributed by atoms with Gasteiger partial charge < -0.3 is 10.1 Å². The van der Waals surface area contributed by atoms with Crippen LogP contribution in [0.15, 0.2) is 22.7 Å². The maximum Gasteiger partial charge on any atom is 0.319 e. The Labute approximate surface area is 108 Å². The standard InChI is InChI=1S/C12H15BrFNO2/c1-3-17-12(16)7-15-8(2)10-5-4-9(13)6-11(10)14/h4-6,8,15H,3,7H2,1-2H3. The van der Waals surface area contributed by atoms with Crippen LogP contribution < -0.4 is 5.32 Å². The molecule has 0 radical (unpaired) electrons. The Bertz CT molecular complexity index is 398. The van der Waals surface area contributed by atoms with Gasteiger partial charge >= 0.3 is 5.97 Å². The molecule has 1 unspecified atom stereocenters. The van der Waals surface area contributed by atoms with Crippen molar-refractivity contribution in [3.8, 4) is 0 Å². The third kappa shape index (κ3) is 4.44. The summed E-state index contributed by atoms with van der Waals surface area (Å²) in [5, 5.41) is 2.91. The number of hydrogen-bond donors (Lipinski definition) is 1. The molecule has 0 spiro atoms. The summed E-state index contributed by atoms with van der Waals surface area (Å²) in [5.41, 5.74) is 0.525. The molecule has 17 heavy (non-hydrogen) atoms. The first kappa shape index (κ1) is 14.1. The minimum Gasteiger partial charge on any atom is -0.465 e. The van der Waals surface area contributed by atoms with E-state index in [1.807, 2.05) is 0 Å². The van der Waals surface area contributed by atoms with Crippen LogP contribution in [-0.4, -0.2) is 19.1 Å². The van der Waals surface area contributed by atoms with Gasteiger partial charge in [-0.2, -0.15) is 0 Å². The van der Waals surface area contributed by atoms with E-state index in [1.165, 1.54) is 6.07 Å². The Morgan fingerprint density at radius 1 is 1.59 bits per heavy atom. The van der Waals surface area contributed by atoms with Crippen molar-refractivity contribution in [2.75, 3.05) is 13.2 Å². The summed E-state index contributed by atoms with van der Waals surface area (Å²) in [6, 6.07) is 4.61. The number of carbonyl (C=O) groups is 1. The van der Waals surface area contributed by atoms with E-state index < -0.39 is 0 Å². The van der Waals surface area contributed by atoms with Crippen LogP contribution in [0.4, 0.5) is 4.39 Å². The highest BCUT2D eigenvalue weighted by molar-refractivity contribution is 9.10. The SMILES string of the molecule is CCOC(=O)CNC(C)c1ccc(Br)cc1F. The highest BCUT2D eigenvalue weighted by Gasteiger charge is 2.12. The smallest absolute Gasteiger partial charge is 0.319 e. The van der Waals surface area contributed by atoms with Gasteiger partial charge in [-0.05, 0) is 26.0 Å². The van der Waals surface area contributed by atoms with Crippen LogP contribution in [0, 0.1) is 5.82 Å². The van der Waals surface area contributed by atoms with Gasteiger partial charge in [0.1, 0.15) is 5.82 Å². The van der Waals surface area contributed by atoms with E-state index in [9.17, 15) is 9.18 Å². The summed E-state index contributed by atoms with van der Waals surface area (Å²) in [5.74, 6) is -0.639. The molecular weight excluding hydrogens is 289 g/mol. The minimum atomic E-state index is -0.336. The predicted octanol–water partition coefficient (Wildman–Crippen LogP) is 2.80. The maximum atomic E-state index is 13.6. The lowest BCUT2D eigenvalue weighted by Crippen LogP contribution is -2.27. The minimum absolute atomic E-state index is 0.0739. The molecule has 1 aromatic carbocycles. The molecule has 3 nitrogen and oxygen atoms in total. The van der Waals surface area contributed by atoms with Gasteiger partial charge in [0.2, 0.25) is 0 Å². The monoisotopic (exact) mass is 303 g/mol. The lowest BCUT2D eigenvalue weighted by atomic mass is 10.1. The van der Waals surface area contributed by atoms with Gasteiger partial charge in [0, 0.05) is 16.1 Å². The highest BCUT2D eigenvalue weighted by atomic mass is 79.9. The molecule has 0 saturated carbocycles. The second-order valence-corrected chi connectivity index (χ2v) is 4.49. The van der Waals surface area contributed by atoms with Gasteiger partial charge in [0.05, 0.1) is 13.2 Å². The van der Waals surface area contributed by atoms with Crippen molar-refractivity contribution in [3.63, 3.8) is 0 Å². The van der Waals surface area contributed by atoms with E-state index in [1.54, 1.807) is 26.0 Å². The fourth-order valence-electron chi connectivity index (χ4n) is 1.41. The van der Waals surface area contributed by atoms with Crippen molar-refractivity contribution in [2.24, 2.45) is 0 Å². The van der Waals surface area contributed by atoms with Gasteiger partial charge in [-0.1, -0.05) is 22.0 Å². The molecule has 1 N–H and O–H groups in total. The van der Waals surface area contributed by atoms with E-state index in [2.05, 4.69) is 21.2 Å². The summed E-state index contributed by atoms with van der Waals surface area (Å²) in [6.45, 7) is 3.97. The number of benzene rings is 1. The third-order valence-corrected chi connectivity index (χ3v) is 2.78. The fraction of sp³-hybridized carbons (Fsp3) is 0.417. The van der Waals surface area contributed by atoms with Crippen molar-refractivity contribution in [1.82, 2.24) is 5.32 Å². The zero-order valence-electron chi connectivity index (χ0n) is 9.80. The summed E-state index contributed by atoms with van der Waals surface area (Å²) < 4.78 is 19.1. The number of esters is 1. The van der Waals surface area contributed by atoms with Crippen molar-refractivity contribution in [3.05, 3.63) is 34.1 Å². The molecule has 1 rings (SSSR count). The number of halogens is 2. The number of carbonyl (C=O) groups excluding carboxylic acids is 1. The predicted molar refractivity (Wildman–Crippen MR) is 67.2 cm³/mol. The van der Waals surface area contributed by atoms with Gasteiger partial charge in [0.15, 0.2) is 0 Å². The van der Waals surface area contributed by atoms with E-state index in [4.69, 9.17) is 4.74 Å². The van der Waals surface area contributed by atoms with Gasteiger partial charge in [-0.15, -0.1) is 0 Å². The quantitative estimate of drug-likeness (QED) is 0.850. The topological polar surface area (TPSA) is 38.3 Å². The largest absolute Gasteiger partial charge is 0.465 e. The van der Waals surface area contributed by atoms with E-state index in [-0.39, 0.29) is 24.4 Å². The Balaban J connectivity index is 2.57. The Kier molecular flexibility index (Phi) is 5.58. The number of ether oxygens (including phenoxy) is 1. The molecule has 94 valence electrons. The summed E-state index contributed by atoms with van der Waals surface area (Å²) in [4.78, 5) is 11.1. The summed E-state index contributed by atoms with van der Waals surface area (Å²) in [6.07, 6.45) is 0. The fourth-order valence-corrected chi connectivity index (χ4v) is 1.74. The summed E-state index contributed by atoms with van der Waals surface area (Å²) >= 11 is 3.19. The molecular formula is C12H15BrFNO2. The van der Waals surface area contributed by atoms with E-state index >= 15 is 0 Å². The zero-order chi connectivity index (χ0) is 12.8. The second-order valence-electron chi connectivity index (χ2n) is 3.57. The van der Waals surface area contributed by atoms with E-state index in [0.717, 1.165) is 0 Å². The first-order valence-electron chi connectivity index (χ1n) is 5.38. The normalized spacial score (nSPS) is 12.2. The Hall–Kier alpha value is -0.940. The van der Waals surface area contributed by atoms with Crippen molar-refractivity contribution < 1.29 is 13.9 Å². The van der Waals surface area contributed by atoms with Crippen LogP contribution in [0.1, 0.15) is 25.5 Å². The van der Waals surface area contributed by atoms with Crippen molar-refractivity contribution in [2.45, 2.75) is 19.9 Å². The van der Waals surface area contributed by atoms with Crippen LogP contribution in [0.5, 0.6) is 0 Å². The first-order valence-corrected chi connectivity index (χ1v) is 6.17. The number of nitrogens with one attached hydrogen (secondary N) is 1. The van der Waals surface area contributed by atoms with Crippen molar-refractivity contribution in [1.29, 1.82) is 0 Å². The molecule has 5 heteroatoms. The Morgan fingerprint density at radius 3 is 2.88 bits per heavy atom. The lowest BCUT2D eigenvalue weighted by Gasteiger charge is -2.14. The van der Waals surface area contributed by atoms with Crippen molar-refractivity contribution >= 4 is 21.9 Å². The molecule has 0 bridgehead atoms. The molecule has 0 aliphatic carbocycles. The number of rotatable bonds is 5. The highest BCUT2D eigenvalue weighted by Crippen LogP contribution is 2.20. The molecule has 0 aliphatic rings. The van der Waals surface area contributed by atoms with Crippen LogP contribution >= 0.6 is 15.9 Å². The average Bonchev–Trinajstić information content (AvgIpc) is 2.26.